The summed E-state index contributed by atoms with van der Waals surface area (Å²) in [5.74, 6) is -1.58. The molecule has 0 saturated carbocycles. The average molecular weight is 412 g/mol. The topological polar surface area (TPSA) is 57.7 Å². The van der Waals surface area contributed by atoms with Gasteiger partial charge in [-0.25, -0.2) is 21.5 Å². The molecule has 1 heterocycles. The van der Waals surface area contributed by atoms with Crippen molar-refractivity contribution in [2.75, 3.05) is 31.3 Å². The number of halogens is 2. The van der Waals surface area contributed by atoms with Crippen LogP contribution in [-0.2, 0) is 21.2 Å². The van der Waals surface area contributed by atoms with Gasteiger partial charge in [0, 0.05) is 37.3 Å². The number of benzene rings is 2. The van der Waals surface area contributed by atoms with Crippen LogP contribution in [0.5, 0.6) is 0 Å². The number of carbonyl (C=O) groups excluding carboxylic acids is 1. The van der Waals surface area contributed by atoms with Gasteiger partial charge in [0.1, 0.15) is 11.6 Å². The smallest absolute Gasteiger partial charge is 0.242 e. The lowest BCUT2D eigenvalue weighted by Crippen LogP contribution is -2.30. The van der Waals surface area contributed by atoms with Crippen molar-refractivity contribution < 1.29 is 22.0 Å². The minimum atomic E-state index is -3.54. The summed E-state index contributed by atoms with van der Waals surface area (Å²) in [7, 11) is -0.612. The van der Waals surface area contributed by atoms with Crippen molar-refractivity contribution >= 4 is 33.4 Å². The molecule has 144 valence electrons. The molecule has 0 bridgehead atoms. The van der Waals surface area contributed by atoms with Gasteiger partial charge < -0.3 is 4.90 Å². The fraction of sp³-hybridized carbons (Fsp3) is 0.278. The van der Waals surface area contributed by atoms with Crippen molar-refractivity contribution in [3.8, 4) is 0 Å². The molecule has 0 spiro atoms. The second-order valence-corrected chi connectivity index (χ2v) is 9.41. The minimum absolute atomic E-state index is 0.000258. The van der Waals surface area contributed by atoms with E-state index in [0.29, 0.717) is 18.7 Å². The zero-order valence-corrected chi connectivity index (χ0v) is 16.4. The normalized spacial score (nSPS) is 13.9. The first kappa shape index (κ1) is 19.8. The van der Waals surface area contributed by atoms with Crippen LogP contribution in [-0.4, -0.2) is 45.0 Å². The number of fused-ring (bicyclic) bond motifs is 1. The first-order chi connectivity index (χ1) is 12.7. The third kappa shape index (κ3) is 3.99. The summed E-state index contributed by atoms with van der Waals surface area (Å²) >= 11 is 1.00. The van der Waals surface area contributed by atoms with Crippen molar-refractivity contribution in [3.63, 3.8) is 0 Å². The number of thioether (sulfide) groups is 1. The van der Waals surface area contributed by atoms with E-state index >= 15 is 0 Å². The monoisotopic (exact) mass is 412 g/mol. The van der Waals surface area contributed by atoms with Gasteiger partial charge in [0.2, 0.25) is 15.9 Å². The number of carbonyl (C=O) groups is 1. The Bertz CT molecular complexity index is 994. The predicted octanol–water partition coefficient (Wildman–Crippen LogP) is 2.90. The third-order valence-electron chi connectivity index (χ3n) is 4.27. The highest BCUT2D eigenvalue weighted by Gasteiger charge is 2.27. The molecule has 5 nitrogen and oxygen atoms in total. The Labute approximate surface area is 161 Å². The summed E-state index contributed by atoms with van der Waals surface area (Å²) in [5.41, 5.74) is 1.45. The van der Waals surface area contributed by atoms with Crippen LogP contribution in [0.2, 0.25) is 0 Å². The number of amides is 1. The molecule has 0 aromatic heterocycles. The maximum atomic E-state index is 13.7. The third-order valence-corrected chi connectivity index (χ3v) is 7.12. The Balaban J connectivity index is 1.74. The number of sulfonamides is 1. The molecular formula is C18H18F2N2O3S2. The number of hydrogen-bond donors (Lipinski definition) is 0. The van der Waals surface area contributed by atoms with E-state index in [1.54, 1.807) is 17.0 Å². The molecule has 0 fully saturated rings. The predicted molar refractivity (Wildman–Crippen MR) is 100 cm³/mol. The van der Waals surface area contributed by atoms with Crippen molar-refractivity contribution in [2.24, 2.45) is 0 Å². The van der Waals surface area contributed by atoms with Crippen LogP contribution in [0.4, 0.5) is 14.5 Å². The summed E-state index contributed by atoms with van der Waals surface area (Å²) in [5, 5.41) is 0. The molecule has 2 aromatic rings. The molecule has 0 saturated heterocycles. The lowest BCUT2D eigenvalue weighted by Gasteiger charge is -2.18. The number of anilines is 1. The van der Waals surface area contributed by atoms with Crippen LogP contribution in [0.3, 0.4) is 0 Å². The molecular weight excluding hydrogens is 394 g/mol. The molecule has 0 aliphatic carbocycles. The average Bonchev–Trinajstić information content (AvgIpc) is 3.03. The number of nitrogens with zero attached hydrogens (tertiary/aromatic N) is 2. The summed E-state index contributed by atoms with van der Waals surface area (Å²) in [4.78, 5) is 14.5. The zero-order valence-electron chi connectivity index (χ0n) is 14.8. The summed E-state index contributed by atoms with van der Waals surface area (Å²) in [6.45, 7) is 0.437. The Morgan fingerprint density at radius 1 is 1.19 bits per heavy atom. The Kier molecular flexibility index (Phi) is 5.55. The molecule has 0 atom stereocenters. The van der Waals surface area contributed by atoms with Crippen LogP contribution < -0.4 is 4.90 Å². The zero-order chi connectivity index (χ0) is 19.8. The van der Waals surface area contributed by atoms with Gasteiger partial charge in [-0.1, -0.05) is 0 Å². The van der Waals surface area contributed by atoms with Gasteiger partial charge in [0.05, 0.1) is 10.6 Å². The van der Waals surface area contributed by atoms with Crippen molar-refractivity contribution in [2.45, 2.75) is 16.2 Å². The molecule has 1 aliphatic rings. The molecule has 1 aliphatic heterocycles. The van der Waals surface area contributed by atoms with Crippen molar-refractivity contribution in [1.29, 1.82) is 0 Å². The highest BCUT2D eigenvalue weighted by Crippen LogP contribution is 2.32. The largest absolute Gasteiger partial charge is 0.311 e. The van der Waals surface area contributed by atoms with E-state index in [1.165, 1.54) is 26.2 Å². The van der Waals surface area contributed by atoms with Crippen molar-refractivity contribution in [3.05, 3.63) is 53.6 Å². The summed E-state index contributed by atoms with van der Waals surface area (Å²) in [6, 6.07) is 7.93. The van der Waals surface area contributed by atoms with Gasteiger partial charge in [-0.2, -0.15) is 0 Å². The van der Waals surface area contributed by atoms with Crippen LogP contribution in [0.25, 0.3) is 0 Å². The maximum absolute atomic E-state index is 13.7. The molecule has 9 heteroatoms. The first-order valence-electron chi connectivity index (χ1n) is 8.14. The van der Waals surface area contributed by atoms with Gasteiger partial charge in [0.25, 0.3) is 0 Å². The highest BCUT2D eigenvalue weighted by atomic mass is 32.2. The second kappa shape index (κ2) is 7.57. The van der Waals surface area contributed by atoms with E-state index in [9.17, 15) is 22.0 Å². The molecule has 0 N–H and O–H groups in total. The summed E-state index contributed by atoms with van der Waals surface area (Å²) < 4.78 is 52.3. The van der Waals surface area contributed by atoms with E-state index in [1.807, 2.05) is 0 Å². The van der Waals surface area contributed by atoms with E-state index in [0.717, 1.165) is 33.8 Å². The van der Waals surface area contributed by atoms with Gasteiger partial charge in [-0.05, 0) is 42.3 Å². The van der Waals surface area contributed by atoms with E-state index < -0.39 is 21.7 Å². The highest BCUT2D eigenvalue weighted by molar-refractivity contribution is 8.00. The Morgan fingerprint density at radius 2 is 1.93 bits per heavy atom. The van der Waals surface area contributed by atoms with Gasteiger partial charge in [0.15, 0.2) is 0 Å². The Morgan fingerprint density at radius 3 is 2.59 bits per heavy atom. The first-order valence-corrected chi connectivity index (χ1v) is 10.6. The van der Waals surface area contributed by atoms with E-state index in [2.05, 4.69) is 0 Å². The molecule has 0 unspecified atom stereocenters. The van der Waals surface area contributed by atoms with Gasteiger partial charge >= 0.3 is 0 Å². The molecule has 3 rings (SSSR count). The quantitative estimate of drug-likeness (QED) is 0.709. The second-order valence-electron chi connectivity index (χ2n) is 6.24. The lowest BCUT2D eigenvalue weighted by atomic mass is 10.2. The fourth-order valence-electron chi connectivity index (χ4n) is 2.82. The van der Waals surface area contributed by atoms with Crippen LogP contribution in [0, 0.1) is 11.6 Å². The van der Waals surface area contributed by atoms with E-state index in [4.69, 9.17) is 0 Å². The molecule has 27 heavy (non-hydrogen) atoms. The molecule has 0 radical (unpaired) electrons. The number of rotatable bonds is 5. The van der Waals surface area contributed by atoms with Crippen molar-refractivity contribution in [1.82, 2.24) is 4.31 Å². The lowest BCUT2D eigenvalue weighted by molar-refractivity contribution is -0.116. The fourth-order valence-corrected chi connectivity index (χ4v) is 4.57. The Hall–Kier alpha value is -1.97. The van der Waals surface area contributed by atoms with Gasteiger partial charge in [-0.3, -0.25) is 4.79 Å². The number of hydrogen-bond acceptors (Lipinski definition) is 4. The van der Waals surface area contributed by atoms with Crippen LogP contribution in [0.1, 0.15) is 5.56 Å². The standard InChI is InChI=1S/C18H18F2N2O3S2/c1-21(2)27(24,25)14-4-5-16-12(9-14)7-8-22(16)18(23)11-26-17-6-3-13(19)10-15(17)20/h3-6,9-10H,7-8,11H2,1-2H3. The van der Waals surface area contributed by atoms with Crippen LogP contribution in [0.15, 0.2) is 46.2 Å². The maximum Gasteiger partial charge on any atom is 0.242 e. The van der Waals surface area contributed by atoms with Crippen LogP contribution >= 0.6 is 11.8 Å². The van der Waals surface area contributed by atoms with Gasteiger partial charge in [-0.15, -0.1) is 11.8 Å². The summed E-state index contributed by atoms with van der Waals surface area (Å²) in [6.07, 6.45) is 0.549. The molecule has 2 aromatic carbocycles. The minimum Gasteiger partial charge on any atom is -0.311 e. The molecule has 1 amide bonds. The SMILES string of the molecule is CN(C)S(=O)(=O)c1ccc2c(c1)CCN2C(=O)CSc1ccc(F)cc1F. The van der Waals surface area contributed by atoms with E-state index in [-0.39, 0.29) is 21.5 Å².